The van der Waals surface area contributed by atoms with E-state index in [1.807, 2.05) is 42.5 Å². The van der Waals surface area contributed by atoms with Gasteiger partial charge in [-0.2, -0.15) is 5.10 Å². The molecule has 0 unspecified atom stereocenters. The number of H-pyrrole nitrogens is 1. The van der Waals surface area contributed by atoms with Crippen LogP contribution in [0.5, 0.6) is 5.75 Å². The molecule has 0 fully saturated rings. The van der Waals surface area contributed by atoms with Crippen molar-refractivity contribution in [2.75, 3.05) is 6.61 Å². The molecular formula is C17H15N3O2. The summed E-state index contributed by atoms with van der Waals surface area (Å²) in [5, 5.41) is 10.8. The van der Waals surface area contributed by atoms with Crippen LogP contribution in [0, 0.1) is 0 Å². The molecule has 1 aromatic heterocycles. The fourth-order valence-corrected chi connectivity index (χ4v) is 2.89. The van der Waals surface area contributed by atoms with Gasteiger partial charge in [-0.05, 0) is 18.2 Å². The second kappa shape index (κ2) is 5.18. The third-order valence-electron chi connectivity index (χ3n) is 3.99. The Morgan fingerprint density at radius 3 is 3.09 bits per heavy atom. The summed E-state index contributed by atoms with van der Waals surface area (Å²) in [7, 11) is 0. The van der Waals surface area contributed by atoms with E-state index in [0.717, 1.165) is 28.6 Å². The second-order valence-electron chi connectivity index (χ2n) is 5.34. The standard InChI is InChI=1S/C17H15N3O2/c21-17(11-5-3-6-15-13(11)10-18-20-15)19-14-8-9-22-16-7-2-1-4-12(14)16/h1-7,10,14H,8-9H2,(H,18,20)(H,19,21)/t14-/m1/s1. The third-order valence-corrected chi connectivity index (χ3v) is 3.99. The fraction of sp³-hybridized carbons (Fsp3) is 0.176. The summed E-state index contributed by atoms with van der Waals surface area (Å²) in [5.74, 6) is 0.759. The number of hydrogen-bond acceptors (Lipinski definition) is 3. The summed E-state index contributed by atoms with van der Waals surface area (Å²) in [6, 6.07) is 13.4. The van der Waals surface area contributed by atoms with Gasteiger partial charge in [-0.3, -0.25) is 9.89 Å². The molecule has 2 heterocycles. The Morgan fingerprint density at radius 2 is 2.14 bits per heavy atom. The normalized spacial score (nSPS) is 16.8. The van der Waals surface area contributed by atoms with Gasteiger partial charge >= 0.3 is 0 Å². The highest BCUT2D eigenvalue weighted by Crippen LogP contribution is 2.31. The van der Waals surface area contributed by atoms with Crippen LogP contribution in [0.15, 0.2) is 48.7 Å². The van der Waals surface area contributed by atoms with Gasteiger partial charge in [0, 0.05) is 17.4 Å². The van der Waals surface area contributed by atoms with E-state index in [4.69, 9.17) is 4.74 Å². The van der Waals surface area contributed by atoms with E-state index in [0.29, 0.717) is 12.2 Å². The van der Waals surface area contributed by atoms with E-state index in [-0.39, 0.29) is 11.9 Å². The predicted molar refractivity (Wildman–Crippen MR) is 82.9 cm³/mol. The van der Waals surface area contributed by atoms with Gasteiger partial charge in [-0.15, -0.1) is 0 Å². The zero-order valence-corrected chi connectivity index (χ0v) is 11.9. The topological polar surface area (TPSA) is 67.0 Å². The van der Waals surface area contributed by atoms with Crippen LogP contribution in [0.4, 0.5) is 0 Å². The van der Waals surface area contributed by atoms with Crippen LogP contribution in [-0.4, -0.2) is 22.7 Å². The van der Waals surface area contributed by atoms with Crippen molar-refractivity contribution >= 4 is 16.8 Å². The quantitative estimate of drug-likeness (QED) is 0.763. The molecule has 1 aliphatic heterocycles. The molecule has 1 amide bonds. The highest BCUT2D eigenvalue weighted by Gasteiger charge is 2.23. The first-order valence-corrected chi connectivity index (χ1v) is 7.27. The monoisotopic (exact) mass is 293 g/mol. The van der Waals surface area contributed by atoms with Crippen molar-refractivity contribution in [3.8, 4) is 5.75 Å². The number of carbonyl (C=O) groups excluding carboxylic acids is 1. The smallest absolute Gasteiger partial charge is 0.252 e. The number of rotatable bonds is 2. The van der Waals surface area contributed by atoms with Gasteiger partial charge in [-0.25, -0.2) is 0 Å². The average Bonchev–Trinajstić information content (AvgIpc) is 3.03. The number of fused-ring (bicyclic) bond motifs is 2. The minimum atomic E-state index is -0.0892. The van der Waals surface area contributed by atoms with Crippen molar-refractivity contribution in [3.05, 3.63) is 59.8 Å². The SMILES string of the molecule is O=C(N[C@@H]1CCOc2ccccc21)c1cccc2[nH]ncc12. The number of hydrogen-bond donors (Lipinski definition) is 2. The van der Waals surface area contributed by atoms with E-state index >= 15 is 0 Å². The largest absolute Gasteiger partial charge is 0.493 e. The van der Waals surface area contributed by atoms with E-state index < -0.39 is 0 Å². The third kappa shape index (κ3) is 2.11. The number of nitrogens with one attached hydrogen (secondary N) is 2. The maximum atomic E-state index is 12.6. The maximum Gasteiger partial charge on any atom is 0.252 e. The molecule has 0 saturated heterocycles. The van der Waals surface area contributed by atoms with Crippen molar-refractivity contribution in [2.45, 2.75) is 12.5 Å². The molecule has 1 atom stereocenters. The number of para-hydroxylation sites is 1. The summed E-state index contributed by atoms with van der Waals surface area (Å²) in [4.78, 5) is 12.6. The minimum Gasteiger partial charge on any atom is -0.493 e. The lowest BCUT2D eigenvalue weighted by Crippen LogP contribution is -2.32. The molecule has 1 aliphatic rings. The molecule has 0 radical (unpaired) electrons. The Kier molecular flexibility index (Phi) is 3.04. The van der Waals surface area contributed by atoms with Gasteiger partial charge in [0.2, 0.25) is 0 Å². The predicted octanol–water partition coefficient (Wildman–Crippen LogP) is 2.82. The van der Waals surface area contributed by atoms with Crippen molar-refractivity contribution in [1.29, 1.82) is 0 Å². The number of aromatic nitrogens is 2. The molecule has 5 nitrogen and oxygen atoms in total. The maximum absolute atomic E-state index is 12.6. The van der Waals surface area contributed by atoms with E-state index in [1.54, 1.807) is 6.20 Å². The second-order valence-corrected chi connectivity index (χ2v) is 5.34. The zero-order valence-electron chi connectivity index (χ0n) is 11.9. The van der Waals surface area contributed by atoms with Gasteiger partial charge in [0.05, 0.1) is 29.9 Å². The molecule has 4 rings (SSSR count). The van der Waals surface area contributed by atoms with Crippen LogP contribution in [0.25, 0.3) is 10.9 Å². The molecular weight excluding hydrogens is 278 g/mol. The number of ether oxygens (including phenoxy) is 1. The first kappa shape index (κ1) is 12.9. The number of amides is 1. The van der Waals surface area contributed by atoms with Crippen LogP contribution in [0.1, 0.15) is 28.4 Å². The summed E-state index contributed by atoms with van der Waals surface area (Å²) >= 11 is 0. The molecule has 5 heteroatoms. The summed E-state index contributed by atoms with van der Waals surface area (Å²) in [6.07, 6.45) is 2.45. The number of benzene rings is 2. The van der Waals surface area contributed by atoms with Gasteiger partial charge in [-0.1, -0.05) is 24.3 Å². The van der Waals surface area contributed by atoms with Gasteiger partial charge in [0.15, 0.2) is 0 Å². The van der Waals surface area contributed by atoms with Crippen LogP contribution in [0.3, 0.4) is 0 Å². The molecule has 3 aromatic rings. The zero-order chi connectivity index (χ0) is 14.9. The van der Waals surface area contributed by atoms with Gasteiger partial charge in [0.1, 0.15) is 5.75 Å². The number of carbonyl (C=O) groups is 1. The van der Waals surface area contributed by atoms with E-state index in [2.05, 4.69) is 15.5 Å². The Labute approximate surface area is 127 Å². The minimum absolute atomic E-state index is 0.0281. The van der Waals surface area contributed by atoms with E-state index in [9.17, 15) is 4.79 Å². The van der Waals surface area contributed by atoms with Crippen molar-refractivity contribution in [2.24, 2.45) is 0 Å². The Hall–Kier alpha value is -2.82. The Balaban J connectivity index is 1.64. The van der Waals surface area contributed by atoms with Crippen LogP contribution < -0.4 is 10.1 Å². The Bertz CT molecular complexity index is 841. The summed E-state index contributed by atoms with van der Waals surface area (Å²) in [6.45, 7) is 0.609. The number of aromatic amines is 1. The van der Waals surface area contributed by atoms with Crippen LogP contribution in [-0.2, 0) is 0 Å². The van der Waals surface area contributed by atoms with Gasteiger partial charge < -0.3 is 10.1 Å². The molecule has 0 spiro atoms. The highest BCUT2D eigenvalue weighted by molar-refractivity contribution is 6.06. The van der Waals surface area contributed by atoms with Crippen molar-refractivity contribution in [1.82, 2.24) is 15.5 Å². The first-order chi connectivity index (χ1) is 10.8. The average molecular weight is 293 g/mol. The van der Waals surface area contributed by atoms with Crippen molar-refractivity contribution in [3.63, 3.8) is 0 Å². The van der Waals surface area contributed by atoms with E-state index in [1.165, 1.54) is 0 Å². The molecule has 0 bridgehead atoms. The summed E-state index contributed by atoms with van der Waals surface area (Å²) < 4.78 is 5.63. The highest BCUT2D eigenvalue weighted by atomic mass is 16.5. The van der Waals surface area contributed by atoms with Gasteiger partial charge in [0.25, 0.3) is 5.91 Å². The number of nitrogens with zero attached hydrogens (tertiary/aromatic N) is 1. The molecule has 110 valence electrons. The molecule has 2 aromatic carbocycles. The van der Waals surface area contributed by atoms with Crippen LogP contribution in [0.2, 0.25) is 0 Å². The molecule has 0 saturated carbocycles. The Morgan fingerprint density at radius 1 is 1.23 bits per heavy atom. The fourth-order valence-electron chi connectivity index (χ4n) is 2.89. The first-order valence-electron chi connectivity index (χ1n) is 7.27. The lowest BCUT2D eigenvalue weighted by atomic mass is 10.00. The lowest BCUT2D eigenvalue weighted by Gasteiger charge is -2.26. The lowest BCUT2D eigenvalue weighted by molar-refractivity contribution is 0.0926. The van der Waals surface area contributed by atoms with Crippen molar-refractivity contribution < 1.29 is 9.53 Å². The van der Waals surface area contributed by atoms with Crippen LogP contribution >= 0.6 is 0 Å². The summed E-state index contributed by atoms with van der Waals surface area (Å²) in [5.41, 5.74) is 2.52. The molecule has 2 N–H and O–H groups in total. The molecule has 22 heavy (non-hydrogen) atoms. The molecule has 0 aliphatic carbocycles.